The summed E-state index contributed by atoms with van der Waals surface area (Å²) < 4.78 is 0. The van der Waals surface area contributed by atoms with E-state index in [1.807, 2.05) is 19.9 Å². The standard InChI is InChI=1S/C15H22N4S/c1-4-7-12(13-8-6-9-20-13)18-14-10-11(3)17-15(19-14)16-5-2/h6,8-10,12H,4-5,7H2,1-3H3,(H2,16,17,18,19). The maximum Gasteiger partial charge on any atom is 0.224 e. The van der Waals surface area contributed by atoms with Crippen molar-refractivity contribution in [1.82, 2.24) is 9.97 Å². The van der Waals surface area contributed by atoms with Crippen molar-refractivity contribution in [2.45, 2.75) is 39.7 Å². The average Bonchev–Trinajstić information content (AvgIpc) is 2.91. The van der Waals surface area contributed by atoms with Crippen LogP contribution in [0.3, 0.4) is 0 Å². The van der Waals surface area contributed by atoms with Crippen molar-refractivity contribution < 1.29 is 0 Å². The van der Waals surface area contributed by atoms with Crippen molar-refractivity contribution in [2.75, 3.05) is 17.2 Å². The third-order valence-corrected chi connectivity index (χ3v) is 3.96. The first-order chi connectivity index (χ1) is 9.72. The van der Waals surface area contributed by atoms with Gasteiger partial charge in [-0.05, 0) is 31.7 Å². The van der Waals surface area contributed by atoms with Crippen LogP contribution in [-0.2, 0) is 0 Å². The second-order valence-corrected chi connectivity index (χ2v) is 5.73. The largest absolute Gasteiger partial charge is 0.362 e. The Morgan fingerprint density at radius 2 is 2.15 bits per heavy atom. The minimum Gasteiger partial charge on any atom is -0.362 e. The maximum absolute atomic E-state index is 4.53. The molecule has 0 bridgehead atoms. The summed E-state index contributed by atoms with van der Waals surface area (Å²) in [7, 11) is 0. The van der Waals surface area contributed by atoms with Crippen LogP contribution in [0.1, 0.15) is 43.3 Å². The second-order valence-electron chi connectivity index (χ2n) is 4.75. The molecule has 5 heteroatoms. The van der Waals surface area contributed by atoms with Crippen LogP contribution in [0.4, 0.5) is 11.8 Å². The van der Waals surface area contributed by atoms with E-state index in [0.29, 0.717) is 12.0 Å². The monoisotopic (exact) mass is 290 g/mol. The zero-order chi connectivity index (χ0) is 14.4. The third kappa shape index (κ3) is 3.93. The first kappa shape index (κ1) is 14.8. The molecule has 0 amide bonds. The molecule has 0 aliphatic heterocycles. The minimum atomic E-state index is 0.323. The number of hydrogen-bond donors (Lipinski definition) is 2. The first-order valence-electron chi connectivity index (χ1n) is 7.12. The number of rotatable bonds is 7. The van der Waals surface area contributed by atoms with Gasteiger partial charge in [-0.2, -0.15) is 4.98 Å². The fraction of sp³-hybridized carbons (Fsp3) is 0.467. The van der Waals surface area contributed by atoms with E-state index in [2.05, 4.69) is 45.0 Å². The van der Waals surface area contributed by atoms with Gasteiger partial charge >= 0.3 is 0 Å². The number of nitrogens with one attached hydrogen (secondary N) is 2. The van der Waals surface area contributed by atoms with Crippen molar-refractivity contribution in [3.63, 3.8) is 0 Å². The van der Waals surface area contributed by atoms with Gasteiger partial charge in [-0.3, -0.25) is 0 Å². The molecule has 2 rings (SSSR count). The molecule has 0 aliphatic carbocycles. The zero-order valence-electron chi connectivity index (χ0n) is 12.3. The fourth-order valence-corrected chi connectivity index (χ4v) is 2.93. The Labute approximate surface area is 124 Å². The normalized spacial score (nSPS) is 12.2. The lowest BCUT2D eigenvalue weighted by molar-refractivity contribution is 0.684. The summed E-state index contributed by atoms with van der Waals surface area (Å²) in [5.41, 5.74) is 0.972. The molecule has 20 heavy (non-hydrogen) atoms. The van der Waals surface area contributed by atoms with Crippen LogP contribution in [-0.4, -0.2) is 16.5 Å². The molecule has 108 valence electrons. The van der Waals surface area contributed by atoms with E-state index in [9.17, 15) is 0 Å². The highest BCUT2D eigenvalue weighted by Crippen LogP contribution is 2.27. The summed E-state index contributed by atoms with van der Waals surface area (Å²) in [6, 6.07) is 6.59. The molecular weight excluding hydrogens is 268 g/mol. The van der Waals surface area contributed by atoms with Gasteiger partial charge in [0.05, 0.1) is 6.04 Å². The summed E-state index contributed by atoms with van der Waals surface area (Å²) >= 11 is 1.79. The fourth-order valence-electron chi connectivity index (χ4n) is 2.12. The van der Waals surface area contributed by atoms with E-state index in [1.54, 1.807) is 11.3 Å². The molecule has 0 aromatic carbocycles. The van der Waals surface area contributed by atoms with Crippen molar-refractivity contribution >= 4 is 23.1 Å². The van der Waals surface area contributed by atoms with E-state index in [0.717, 1.165) is 30.9 Å². The highest BCUT2D eigenvalue weighted by atomic mass is 32.1. The van der Waals surface area contributed by atoms with Crippen LogP contribution in [0.2, 0.25) is 0 Å². The molecule has 2 aromatic heterocycles. The van der Waals surface area contributed by atoms with Gasteiger partial charge < -0.3 is 10.6 Å². The Morgan fingerprint density at radius 1 is 1.30 bits per heavy atom. The summed E-state index contributed by atoms with van der Waals surface area (Å²) in [4.78, 5) is 10.3. The summed E-state index contributed by atoms with van der Waals surface area (Å²) in [6.45, 7) is 7.07. The quantitative estimate of drug-likeness (QED) is 0.801. The summed E-state index contributed by atoms with van der Waals surface area (Å²) in [5.74, 6) is 1.58. The molecule has 0 fully saturated rings. The highest BCUT2D eigenvalue weighted by molar-refractivity contribution is 7.10. The zero-order valence-corrected chi connectivity index (χ0v) is 13.1. The lowest BCUT2D eigenvalue weighted by Crippen LogP contribution is -2.12. The molecule has 0 saturated heterocycles. The predicted molar refractivity (Wildman–Crippen MR) is 86.5 cm³/mol. The molecule has 0 spiro atoms. The molecular formula is C15H22N4S. The van der Waals surface area contributed by atoms with Gasteiger partial charge in [-0.25, -0.2) is 4.98 Å². The SMILES string of the molecule is CCCC(Nc1cc(C)nc(NCC)n1)c1cccs1. The van der Waals surface area contributed by atoms with Crippen molar-refractivity contribution in [3.8, 4) is 0 Å². The Balaban J connectivity index is 2.17. The molecule has 0 aliphatic rings. The molecule has 4 nitrogen and oxygen atoms in total. The number of aryl methyl sites for hydroxylation is 1. The van der Waals surface area contributed by atoms with E-state index in [4.69, 9.17) is 0 Å². The molecule has 1 unspecified atom stereocenters. The van der Waals surface area contributed by atoms with Crippen LogP contribution in [0, 0.1) is 6.92 Å². The van der Waals surface area contributed by atoms with Gasteiger partial charge in [-0.15, -0.1) is 11.3 Å². The van der Waals surface area contributed by atoms with Gasteiger partial charge in [-0.1, -0.05) is 19.4 Å². The van der Waals surface area contributed by atoms with E-state index in [1.165, 1.54) is 4.88 Å². The van der Waals surface area contributed by atoms with Crippen LogP contribution >= 0.6 is 11.3 Å². The van der Waals surface area contributed by atoms with Crippen molar-refractivity contribution in [3.05, 3.63) is 34.2 Å². The smallest absolute Gasteiger partial charge is 0.224 e. The van der Waals surface area contributed by atoms with Gasteiger partial charge in [0.1, 0.15) is 5.82 Å². The van der Waals surface area contributed by atoms with Crippen LogP contribution in [0.25, 0.3) is 0 Å². The number of nitrogens with zero attached hydrogens (tertiary/aromatic N) is 2. The number of hydrogen-bond acceptors (Lipinski definition) is 5. The Morgan fingerprint density at radius 3 is 2.80 bits per heavy atom. The van der Waals surface area contributed by atoms with Gasteiger partial charge in [0, 0.05) is 23.2 Å². The van der Waals surface area contributed by atoms with Gasteiger partial charge in [0.25, 0.3) is 0 Å². The summed E-state index contributed by atoms with van der Waals surface area (Å²) in [5, 5.41) is 8.83. The van der Waals surface area contributed by atoms with Crippen LogP contribution < -0.4 is 10.6 Å². The molecule has 2 heterocycles. The molecule has 1 atom stereocenters. The Hall–Kier alpha value is -1.62. The highest BCUT2D eigenvalue weighted by Gasteiger charge is 2.13. The third-order valence-electron chi connectivity index (χ3n) is 2.98. The maximum atomic E-state index is 4.53. The van der Waals surface area contributed by atoms with Crippen molar-refractivity contribution in [2.24, 2.45) is 0 Å². The molecule has 0 radical (unpaired) electrons. The second kappa shape index (κ2) is 7.24. The van der Waals surface area contributed by atoms with E-state index >= 15 is 0 Å². The predicted octanol–water partition coefficient (Wildman–Crippen LogP) is 4.23. The topological polar surface area (TPSA) is 49.8 Å². The molecule has 2 aromatic rings. The lowest BCUT2D eigenvalue weighted by atomic mass is 10.1. The lowest BCUT2D eigenvalue weighted by Gasteiger charge is -2.18. The average molecular weight is 290 g/mol. The van der Waals surface area contributed by atoms with Crippen LogP contribution in [0.15, 0.2) is 23.6 Å². The van der Waals surface area contributed by atoms with Gasteiger partial charge in [0.2, 0.25) is 5.95 Å². The van der Waals surface area contributed by atoms with Crippen molar-refractivity contribution in [1.29, 1.82) is 0 Å². The van der Waals surface area contributed by atoms with Gasteiger partial charge in [0.15, 0.2) is 0 Å². The van der Waals surface area contributed by atoms with E-state index < -0.39 is 0 Å². The first-order valence-corrected chi connectivity index (χ1v) is 8.00. The minimum absolute atomic E-state index is 0.323. The Bertz CT molecular complexity index is 525. The molecule has 0 saturated carbocycles. The number of thiophene rings is 1. The summed E-state index contributed by atoms with van der Waals surface area (Å²) in [6.07, 6.45) is 2.24. The van der Waals surface area contributed by atoms with Crippen LogP contribution in [0.5, 0.6) is 0 Å². The molecule has 2 N–H and O–H groups in total. The Kier molecular flexibility index (Phi) is 5.35. The number of aromatic nitrogens is 2. The van der Waals surface area contributed by atoms with E-state index in [-0.39, 0.29) is 0 Å². The number of anilines is 2.